The summed E-state index contributed by atoms with van der Waals surface area (Å²) in [7, 11) is 0. The Bertz CT molecular complexity index is 600. The Morgan fingerprint density at radius 1 is 1.59 bits per heavy atom. The topological polar surface area (TPSA) is 33.6 Å². The number of H-pyrrole nitrogens is 1. The highest BCUT2D eigenvalue weighted by molar-refractivity contribution is 7.71. The second-order valence-electron chi connectivity index (χ2n) is 3.71. The number of nitrogens with zero attached hydrogens (tertiary/aromatic N) is 2. The fourth-order valence-electron chi connectivity index (χ4n) is 1.62. The molecular formula is C12H12FN3S. The number of benzene rings is 1. The van der Waals surface area contributed by atoms with Gasteiger partial charge in [0.2, 0.25) is 0 Å². The third-order valence-corrected chi connectivity index (χ3v) is 2.82. The second kappa shape index (κ2) is 4.63. The van der Waals surface area contributed by atoms with E-state index in [4.69, 9.17) is 12.2 Å². The summed E-state index contributed by atoms with van der Waals surface area (Å²) in [6.07, 6.45) is 1.76. The van der Waals surface area contributed by atoms with Gasteiger partial charge in [-0.2, -0.15) is 5.10 Å². The Balaban J connectivity index is 2.60. The first-order valence-corrected chi connectivity index (χ1v) is 5.59. The van der Waals surface area contributed by atoms with Gasteiger partial charge >= 0.3 is 0 Å². The molecular weight excluding hydrogens is 237 g/mol. The van der Waals surface area contributed by atoms with E-state index in [9.17, 15) is 4.39 Å². The van der Waals surface area contributed by atoms with E-state index >= 15 is 0 Å². The number of aromatic nitrogens is 3. The Kier molecular flexibility index (Phi) is 3.19. The quantitative estimate of drug-likeness (QED) is 0.667. The summed E-state index contributed by atoms with van der Waals surface area (Å²) in [5.41, 5.74) is 0.686. The Hall–Kier alpha value is -1.75. The standard InChI is InChI=1S/C12H12FN3S/c1-3-8(2)16-11(14-15-12(16)17)9-5-4-6-10(13)7-9/h3-8H,1H2,2H3,(H,15,17). The molecule has 2 rings (SSSR count). The molecule has 0 aliphatic rings. The summed E-state index contributed by atoms with van der Waals surface area (Å²) in [5, 5.41) is 6.84. The Morgan fingerprint density at radius 3 is 3.00 bits per heavy atom. The number of nitrogens with one attached hydrogen (secondary N) is 1. The van der Waals surface area contributed by atoms with Crippen molar-refractivity contribution in [2.24, 2.45) is 0 Å². The second-order valence-corrected chi connectivity index (χ2v) is 4.10. The van der Waals surface area contributed by atoms with Crippen LogP contribution in [0.2, 0.25) is 0 Å². The number of hydrogen-bond acceptors (Lipinski definition) is 2. The zero-order chi connectivity index (χ0) is 12.4. The van der Waals surface area contributed by atoms with Gasteiger partial charge in [-0.15, -0.1) is 6.58 Å². The van der Waals surface area contributed by atoms with Crippen molar-refractivity contribution in [1.82, 2.24) is 14.8 Å². The SMILES string of the molecule is C=CC(C)n1c(-c2cccc(F)c2)n[nH]c1=S. The van der Waals surface area contributed by atoms with Crippen LogP contribution in [0.5, 0.6) is 0 Å². The largest absolute Gasteiger partial charge is 0.293 e. The van der Waals surface area contributed by atoms with Crippen LogP contribution in [0.25, 0.3) is 11.4 Å². The molecule has 0 aliphatic carbocycles. The molecule has 0 saturated heterocycles. The van der Waals surface area contributed by atoms with Crippen LogP contribution in [0.15, 0.2) is 36.9 Å². The first kappa shape index (κ1) is 11.7. The van der Waals surface area contributed by atoms with Crippen LogP contribution in [-0.2, 0) is 0 Å². The number of allylic oxidation sites excluding steroid dienone is 1. The summed E-state index contributed by atoms with van der Waals surface area (Å²) in [5.74, 6) is 0.316. The number of rotatable bonds is 3. The highest BCUT2D eigenvalue weighted by Crippen LogP contribution is 2.22. The Labute approximate surface area is 104 Å². The normalized spacial score (nSPS) is 12.4. The molecule has 5 heteroatoms. The van der Waals surface area contributed by atoms with Crippen molar-refractivity contribution in [3.05, 3.63) is 47.5 Å². The van der Waals surface area contributed by atoms with E-state index in [1.165, 1.54) is 12.1 Å². The van der Waals surface area contributed by atoms with Crippen LogP contribution in [0.1, 0.15) is 13.0 Å². The van der Waals surface area contributed by atoms with Crippen molar-refractivity contribution < 1.29 is 4.39 Å². The van der Waals surface area contributed by atoms with E-state index < -0.39 is 0 Å². The Morgan fingerprint density at radius 2 is 2.35 bits per heavy atom. The summed E-state index contributed by atoms with van der Waals surface area (Å²) < 4.78 is 15.5. The van der Waals surface area contributed by atoms with Gasteiger partial charge < -0.3 is 0 Å². The van der Waals surface area contributed by atoms with Crippen LogP contribution >= 0.6 is 12.2 Å². The van der Waals surface area contributed by atoms with E-state index in [0.29, 0.717) is 16.2 Å². The van der Waals surface area contributed by atoms with Gasteiger partial charge in [-0.3, -0.25) is 9.67 Å². The van der Waals surface area contributed by atoms with E-state index in [-0.39, 0.29) is 11.9 Å². The van der Waals surface area contributed by atoms with Crippen molar-refractivity contribution in [3.8, 4) is 11.4 Å². The molecule has 0 fully saturated rings. The van der Waals surface area contributed by atoms with Crippen LogP contribution in [0, 0.1) is 10.6 Å². The van der Waals surface area contributed by atoms with Crippen LogP contribution in [0.4, 0.5) is 4.39 Å². The van der Waals surface area contributed by atoms with Gasteiger partial charge in [0.1, 0.15) is 5.82 Å². The van der Waals surface area contributed by atoms with Crippen molar-refractivity contribution in [2.45, 2.75) is 13.0 Å². The van der Waals surface area contributed by atoms with E-state index in [1.54, 1.807) is 22.8 Å². The van der Waals surface area contributed by atoms with Gasteiger partial charge in [-0.1, -0.05) is 18.2 Å². The van der Waals surface area contributed by atoms with Crippen LogP contribution in [-0.4, -0.2) is 14.8 Å². The zero-order valence-electron chi connectivity index (χ0n) is 9.35. The van der Waals surface area contributed by atoms with Gasteiger partial charge in [0.05, 0.1) is 6.04 Å². The molecule has 0 saturated carbocycles. The van der Waals surface area contributed by atoms with Crippen molar-refractivity contribution >= 4 is 12.2 Å². The highest BCUT2D eigenvalue weighted by atomic mass is 32.1. The molecule has 17 heavy (non-hydrogen) atoms. The van der Waals surface area contributed by atoms with Crippen LogP contribution in [0.3, 0.4) is 0 Å². The summed E-state index contributed by atoms with van der Waals surface area (Å²) in [6.45, 7) is 5.67. The molecule has 1 aromatic carbocycles. The minimum absolute atomic E-state index is 0.000447. The van der Waals surface area contributed by atoms with Gasteiger partial charge in [0.15, 0.2) is 10.6 Å². The molecule has 3 nitrogen and oxygen atoms in total. The summed E-state index contributed by atoms with van der Waals surface area (Å²) >= 11 is 5.15. The third kappa shape index (κ3) is 2.19. The minimum Gasteiger partial charge on any atom is -0.293 e. The van der Waals surface area contributed by atoms with Crippen molar-refractivity contribution in [3.63, 3.8) is 0 Å². The van der Waals surface area contributed by atoms with Gasteiger partial charge in [0, 0.05) is 5.56 Å². The molecule has 88 valence electrons. The van der Waals surface area contributed by atoms with Gasteiger partial charge in [-0.25, -0.2) is 4.39 Å². The molecule has 0 spiro atoms. The fourth-order valence-corrected chi connectivity index (χ4v) is 1.92. The number of halogens is 1. The predicted molar refractivity (Wildman–Crippen MR) is 67.7 cm³/mol. The fraction of sp³-hybridized carbons (Fsp3) is 0.167. The maximum absolute atomic E-state index is 13.2. The number of hydrogen-bond donors (Lipinski definition) is 1. The molecule has 0 bridgehead atoms. The third-order valence-electron chi connectivity index (χ3n) is 2.54. The van der Waals surface area contributed by atoms with Crippen LogP contribution < -0.4 is 0 Å². The molecule has 1 heterocycles. The lowest BCUT2D eigenvalue weighted by molar-refractivity contribution is 0.626. The molecule has 1 N–H and O–H groups in total. The molecule has 1 unspecified atom stereocenters. The maximum Gasteiger partial charge on any atom is 0.195 e. The number of aromatic amines is 1. The molecule has 1 aromatic heterocycles. The smallest absolute Gasteiger partial charge is 0.195 e. The first-order valence-electron chi connectivity index (χ1n) is 5.19. The molecule has 2 aromatic rings. The minimum atomic E-state index is -0.297. The molecule has 0 aliphatic heterocycles. The lowest BCUT2D eigenvalue weighted by Crippen LogP contribution is -2.04. The summed E-state index contributed by atoms with van der Waals surface area (Å²) in [6, 6.07) is 6.26. The van der Waals surface area contributed by atoms with E-state index in [1.807, 2.05) is 6.92 Å². The van der Waals surface area contributed by atoms with Gasteiger partial charge in [-0.05, 0) is 31.3 Å². The molecule has 1 atom stereocenters. The maximum atomic E-state index is 13.2. The van der Waals surface area contributed by atoms with Gasteiger partial charge in [0.25, 0.3) is 0 Å². The first-order chi connectivity index (χ1) is 8.13. The van der Waals surface area contributed by atoms with Crippen molar-refractivity contribution in [2.75, 3.05) is 0 Å². The summed E-state index contributed by atoms with van der Waals surface area (Å²) in [4.78, 5) is 0. The van der Waals surface area contributed by atoms with E-state index in [0.717, 1.165) is 0 Å². The van der Waals surface area contributed by atoms with E-state index in [2.05, 4.69) is 16.8 Å². The molecule has 0 radical (unpaired) electrons. The lowest BCUT2D eigenvalue weighted by atomic mass is 10.2. The highest BCUT2D eigenvalue weighted by Gasteiger charge is 2.12. The lowest BCUT2D eigenvalue weighted by Gasteiger charge is -2.11. The zero-order valence-corrected chi connectivity index (χ0v) is 10.2. The predicted octanol–water partition coefficient (Wildman–Crippen LogP) is 3.49. The monoisotopic (exact) mass is 249 g/mol. The average molecular weight is 249 g/mol. The van der Waals surface area contributed by atoms with Crippen molar-refractivity contribution in [1.29, 1.82) is 0 Å². The molecule has 0 amide bonds. The average Bonchev–Trinajstić information content (AvgIpc) is 2.70.